The zero-order valence-corrected chi connectivity index (χ0v) is 9.48. The molecular formula is C12H18N2O2. The van der Waals surface area contributed by atoms with Gasteiger partial charge in [-0.25, -0.2) is 4.98 Å². The van der Waals surface area contributed by atoms with Gasteiger partial charge in [0.15, 0.2) is 0 Å². The van der Waals surface area contributed by atoms with Gasteiger partial charge in [0.05, 0.1) is 24.2 Å². The van der Waals surface area contributed by atoms with E-state index in [9.17, 15) is 0 Å². The first-order valence-electron chi connectivity index (χ1n) is 5.98. The highest BCUT2D eigenvalue weighted by Gasteiger charge is 2.12. The Morgan fingerprint density at radius 2 is 2.00 bits per heavy atom. The minimum Gasteiger partial charge on any atom is -0.477 e. The van der Waals surface area contributed by atoms with Gasteiger partial charge in [0, 0.05) is 6.61 Å². The Morgan fingerprint density at radius 1 is 1.19 bits per heavy atom. The number of ether oxygens (including phenoxy) is 1. The summed E-state index contributed by atoms with van der Waals surface area (Å²) in [4.78, 5) is 8.84. The van der Waals surface area contributed by atoms with Crippen molar-refractivity contribution >= 4 is 0 Å². The smallest absolute Gasteiger partial charge is 0.232 e. The minimum atomic E-state index is 0.221. The second-order valence-electron chi connectivity index (χ2n) is 4.09. The molecule has 0 spiro atoms. The second-order valence-corrected chi connectivity index (χ2v) is 4.09. The summed E-state index contributed by atoms with van der Waals surface area (Å²) in [7, 11) is 0. The number of hydrogen-bond acceptors (Lipinski definition) is 4. The number of aliphatic hydroxyl groups is 1. The first-order valence-corrected chi connectivity index (χ1v) is 5.98. The summed E-state index contributed by atoms with van der Waals surface area (Å²) in [6.45, 7) is 0.827. The Morgan fingerprint density at radius 3 is 2.81 bits per heavy atom. The van der Waals surface area contributed by atoms with Crippen LogP contribution in [0.25, 0.3) is 0 Å². The molecule has 0 radical (unpaired) electrons. The zero-order valence-electron chi connectivity index (χ0n) is 9.48. The normalized spacial score (nSPS) is 14.6. The molecule has 4 heteroatoms. The summed E-state index contributed by atoms with van der Waals surface area (Å²) in [5.74, 6) is 0.624. The molecule has 16 heavy (non-hydrogen) atoms. The van der Waals surface area contributed by atoms with Crippen molar-refractivity contribution in [2.45, 2.75) is 38.5 Å². The summed E-state index contributed by atoms with van der Waals surface area (Å²) >= 11 is 0. The van der Waals surface area contributed by atoms with Crippen LogP contribution in [-0.2, 0) is 12.8 Å². The molecule has 1 N–H and O–H groups in total. The molecule has 0 atom stereocenters. The van der Waals surface area contributed by atoms with Crippen molar-refractivity contribution in [1.29, 1.82) is 0 Å². The Kier molecular flexibility index (Phi) is 4.10. The highest BCUT2D eigenvalue weighted by Crippen LogP contribution is 2.19. The third kappa shape index (κ3) is 2.92. The molecule has 0 bridgehead atoms. The second kappa shape index (κ2) is 5.80. The molecule has 1 aromatic rings. The minimum absolute atomic E-state index is 0.221. The molecule has 4 nitrogen and oxygen atoms in total. The lowest BCUT2D eigenvalue weighted by Crippen LogP contribution is -2.09. The number of aliphatic hydroxyl groups excluding tert-OH is 1. The number of hydrogen-bond donors (Lipinski definition) is 1. The van der Waals surface area contributed by atoms with E-state index in [2.05, 4.69) is 9.97 Å². The summed E-state index contributed by atoms with van der Waals surface area (Å²) in [6.07, 6.45) is 7.84. The molecule has 0 amide bonds. The van der Waals surface area contributed by atoms with Gasteiger partial charge in [-0.3, -0.25) is 4.98 Å². The van der Waals surface area contributed by atoms with Crippen LogP contribution >= 0.6 is 0 Å². The van der Waals surface area contributed by atoms with E-state index in [1.54, 1.807) is 6.20 Å². The maximum Gasteiger partial charge on any atom is 0.232 e. The van der Waals surface area contributed by atoms with Gasteiger partial charge in [-0.1, -0.05) is 0 Å². The van der Waals surface area contributed by atoms with Gasteiger partial charge in [0.2, 0.25) is 5.88 Å². The Balaban J connectivity index is 1.90. The van der Waals surface area contributed by atoms with Crippen LogP contribution in [0.3, 0.4) is 0 Å². The van der Waals surface area contributed by atoms with Crippen LogP contribution < -0.4 is 4.74 Å². The van der Waals surface area contributed by atoms with Gasteiger partial charge in [-0.15, -0.1) is 0 Å². The molecule has 0 fully saturated rings. The average Bonchev–Trinajstić information content (AvgIpc) is 2.34. The van der Waals surface area contributed by atoms with Gasteiger partial charge in [-0.05, 0) is 38.5 Å². The summed E-state index contributed by atoms with van der Waals surface area (Å²) in [6, 6.07) is 0. The summed E-state index contributed by atoms with van der Waals surface area (Å²) < 4.78 is 5.49. The van der Waals surface area contributed by atoms with Crippen molar-refractivity contribution in [3.63, 3.8) is 0 Å². The fourth-order valence-electron chi connectivity index (χ4n) is 1.89. The van der Waals surface area contributed by atoms with Gasteiger partial charge >= 0.3 is 0 Å². The molecule has 0 saturated heterocycles. The van der Waals surface area contributed by atoms with E-state index in [4.69, 9.17) is 9.84 Å². The van der Waals surface area contributed by atoms with Crippen molar-refractivity contribution in [3.8, 4) is 5.88 Å². The number of unbranched alkanes of at least 4 members (excludes halogenated alkanes) is 1. The van der Waals surface area contributed by atoms with Crippen LogP contribution in [0.15, 0.2) is 6.20 Å². The summed E-state index contributed by atoms with van der Waals surface area (Å²) in [5, 5.41) is 8.64. The van der Waals surface area contributed by atoms with Crippen molar-refractivity contribution in [1.82, 2.24) is 9.97 Å². The molecule has 0 aromatic carbocycles. The highest BCUT2D eigenvalue weighted by atomic mass is 16.5. The Labute approximate surface area is 95.7 Å². The third-order valence-electron chi connectivity index (χ3n) is 2.79. The van der Waals surface area contributed by atoms with Gasteiger partial charge < -0.3 is 9.84 Å². The average molecular weight is 222 g/mol. The standard InChI is InChI=1S/C12H18N2O2/c15-7-3-4-8-16-12-9-13-10-5-1-2-6-11(10)14-12/h9,15H,1-8H2. The van der Waals surface area contributed by atoms with Gasteiger partial charge in [0.1, 0.15) is 0 Å². The van der Waals surface area contributed by atoms with E-state index in [0.717, 1.165) is 37.1 Å². The fraction of sp³-hybridized carbons (Fsp3) is 0.667. The maximum atomic E-state index is 8.64. The molecule has 1 heterocycles. The first kappa shape index (κ1) is 11.3. The molecule has 1 aliphatic carbocycles. The van der Waals surface area contributed by atoms with E-state index < -0.39 is 0 Å². The largest absolute Gasteiger partial charge is 0.477 e. The number of nitrogens with zero attached hydrogens (tertiary/aromatic N) is 2. The summed E-state index contributed by atoms with van der Waals surface area (Å²) in [5.41, 5.74) is 2.24. The molecule has 0 unspecified atom stereocenters. The third-order valence-corrected chi connectivity index (χ3v) is 2.79. The number of fused-ring (bicyclic) bond motifs is 1. The van der Waals surface area contributed by atoms with Gasteiger partial charge in [-0.2, -0.15) is 0 Å². The predicted octanol–water partition coefficient (Wildman–Crippen LogP) is 1.51. The van der Waals surface area contributed by atoms with E-state index in [0.29, 0.717) is 12.5 Å². The van der Waals surface area contributed by atoms with Crippen LogP contribution in [0.1, 0.15) is 37.1 Å². The lowest BCUT2D eigenvalue weighted by atomic mass is 10.0. The van der Waals surface area contributed by atoms with Crippen LogP contribution in [0, 0.1) is 0 Å². The molecule has 0 aliphatic heterocycles. The quantitative estimate of drug-likeness (QED) is 0.767. The van der Waals surface area contributed by atoms with Crippen molar-refractivity contribution in [2.75, 3.05) is 13.2 Å². The molecule has 1 aromatic heterocycles. The van der Waals surface area contributed by atoms with E-state index in [1.807, 2.05) is 0 Å². The lowest BCUT2D eigenvalue weighted by molar-refractivity contribution is 0.248. The van der Waals surface area contributed by atoms with Crippen molar-refractivity contribution in [2.24, 2.45) is 0 Å². The molecule has 2 rings (SSSR count). The van der Waals surface area contributed by atoms with E-state index >= 15 is 0 Å². The SMILES string of the molecule is OCCCCOc1cnc2c(n1)CCCC2. The fourth-order valence-corrected chi connectivity index (χ4v) is 1.89. The Bertz CT molecular complexity index is 342. The van der Waals surface area contributed by atoms with Crippen LogP contribution in [0.5, 0.6) is 5.88 Å². The zero-order chi connectivity index (χ0) is 11.2. The maximum absolute atomic E-state index is 8.64. The van der Waals surface area contributed by atoms with Crippen LogP contribution in [0.2, 0.25) is 0 Å². The van der Waals surface area contributed by atoms with E-state index in [1.165, 1.54) is 12.8 Å². The molecular weight excluding hydrogens is 204 g/mol. The lowest BCUT2D eigenvalue weighted by Gasteiger charge is -2.14. The highest BCUT2D eigenvalue weighted by molar-refractivity contribution is 5.19. The van der Waals surface area contributed by atoms with Crippen molar-refractivity contribution < 1.29 is 9.84 Å². The topological polar surface area (TPSA) is 55.2 Å². The Hall–Kier alpha value is -1.16. The van der Waals surface area contributed by atoms with E-state index in [-0.39, 0.29) is 6.61 Å². The number of rotatable bonds is 5. The molecule has 1 aliphatic rings. The number of aryl methyl sites for hydroxylation is 2. The molecule has 0 saturated carbocycles. The first-order chi connectivity index (χ1) is 7.90. The van der Waals surface area contributed by atoms with Crippen LogP contribution in [-0.4, -0.2) is 28.3 Å². The molecule has 88 valence electrons. The van der Waals surface area contributed by atoms with Crippen molar-refractivity contribution in [3.05, 3.63) is 17.6 Å². The predicted molar refractivity (Wildman–Crippen MR) is 60.5 cm³/mol. The van der Waals surface area contributed by atoms with Gasteiger partial charge in [0.25, 0.3) is 0 Å². The van der Waals surface area contributed by atoms with Crippen LogP contribution in [0.4, 0.5) is 0 Å². The monoisotopic (exact) mass is 222 g/mol. The number of aromatic nitrogens is 2.